The molecule has 2 aromatic rings. The van der Waals surface area contributed by atoms with Crippen LogP contribution in [0.4, 0.5) is 0 Å². The van der Waals surface area contributed by atoms with E-state index in [0.717, 1.165) is 4.47 Å². The average Bonchev–Trinajstić information content (AvgIpc) is 3.00. The van der Waals surface area contributed by atoms with Crippen molar-refractivity contribution in [2.75, 3.05) is 0 Å². The molecule has 0 N–H and O–H groups in total. The van der Waals surface area contributed by atoms with Gasteiger partial charge in [0.05, 0.1) is 11.2 Å². The number of aromatic nitrogens is 2. The van der Waals surface area contributed by atoms with Crippen molar-refractivity contribution in [1.82, 2.24) is 9.78 Å². The van der Waals surface area contributed by atoms with E-state index in [2.05, 4.69) is 52.7 Å². The van der Waals surface area contributed by atoms with Gasteiger partial charge in [0.25, 0.3) is 0 Å². The van der Waals surface area contributed by atoms with E-state index >= 15 is 0 Å². The normalized spacial score (nSPS) is 16.2. The minimum absolute atomic E-state index is 0.427. The lowest BCUT2D eigenvalue weighted by Crippen LogP contribution is -2.02. The Hall–Kier alpha value is -0.830. The summed E-state index contributed by atoms with van der Waals surface area (Å²) in [4.78, 5) is 0. The third-order valence-electron chi connectivity index (χ3n) is 3.15. The zero-order chi connectivity index (χ0) is 11.3. The molecule has 1 aromatic heterocycles. The average molecular weight is 279 g/mol. The molecule has 1 aliphatic rings. The second kappa shape index (κ2) is 3.59. The van der Waals surface area contributed by atoms with Gasteiger partial charge in [-0.1, -0.05) is 15.9 Å². The molecular weight excluding hydrogens is 264 g/mol. The van der Waals surface area contributed by atoms with Crippen LogP contribution in [0.25, 0.3) is 10.9 Å². The van der Waals surface area contributed by atoms with Gasteiger partial charge in [-0.05, 0) is 44.9 Å². The fourth-order valence-corrected chi connectivity index (χ4v) is 2.55. The van der Waals surface area contributed by atoms with Crippen molar-refractivity contribution in [3.63, 3.8) is 0 Å². The Balaban J connectivity index is 2.28. The van der Waals surface area contributed by atoms with Crippen LogP contribution in [0.3, 0.4) is 0 Å². The topological polar surface area (TPSA) is 17.8 Å². The van der Waals surface area contributed by atoms with E-state index in [1.807, 2.05) is 0 Å². The number of fused-ring (bicyclic) bond motifs is 1. The van der Waals surface area contributed by atoms with Crippen molar-refractivity contribution in [3.05, 3.63) is 28.4 Å². The fraction of sp³-hybridized carbons (Fsp3) is 0.462. The van der Waals surface area contributed by atoms with Gasteiger partial charge in [-0.2, -0.15) is 5.10 Å². The zero-order valence-corrected chi connectivity index (χ0v) is 11.2. The number of hydrogen-bond acceptors (Lipinski definition) is 1. The molecule has 0 saturated heterocycles. The summed E-state index contributed by atoms with van der Waals surface area (Å²) in [6.07, 6.45) is 2.60. The van der Waals surface area contributed by atoms with Gasteiger partial charge in [0.2, 0.25) is 0 Å². The Bertz CT molecular complexity index is 538. The van der Waals surface area contributed by atoms with E-state index in [1.165, 1.54) is 29.4 Å². The molecule has 3 heteroatoms. The molecule has 0 atom stereocenters. The molecule has 16 heavy (non-hydrogen) atoms. The van der Waals surface area contributed by atoms with Crippen molar-refractivity contribution >= 4 is 26.8 Å². The molecule has 1 heterocycles. The molecule has 0 amide bonds. The second-order valence-corrected chi connectivity index (χ2v) is 5.77. The number of hydrogen-bond donors (Lipinski definition) is 0. The van der Waals surface area contributed by atoms with Gasteiger partial charge in [-0.15, -0.1) is 0 Å². The van der Waals surface area contributed by atoms with Crippen molar-refractivity contribution in [3.8, 4) is 0 Å². The quantitative estimate of drug-likeness (QED) is 0.803. The maximum atomic E-state index is 4.79. The van der Waals surface area contributed by atoms with E-state index in [9.17, 15) is 0 Å². The lowest BCUT2D eigenvalue weighted by Gasteiger charge is -2.06. The first kappa shape index (κ1) is 10.3. The lowest BCUT2D eigenvalue weighted by molar-refractivity contribution is 0.544. The summed E-state index contributed by atoms with van der Waals surface area (Å²) in [7, 11) is 0. The molecule has 0 spiro atoms. The van der Waals surface area contributed by atoms with Gasteiger partial charge in [0.15, 0.2) is 0 Å². The van der Waals surface area contributed by atoms with E-state index in [0.29, 0.717) is 12.0 Å². The molecule has 3 rings (SSSR count). The highest BCUT2D eigenvalue weighted by atomic mass is 79.9. The first-order valence-corrected chi connectivity index (χ1v) is 6.64. The molecule has 1 saturated carbocycles. The van der Waals surface area contributed by atoms with Crippen LogP contribution >= 0.6 is 15.9 Å². The van der Waals surface area contributed by atoms with Gasteiger partial charge >= 0.3 is 0 Å². The van der Waals surface area contributed by atoms with E-state index in [1.54, 1.807) is 0 Å². The van der Waals surface area contributed by atoms with Gasteiger partial charge in [0.1, 0.15) is 0 Å². The van der Waals surface area contributed by atoms with Crippen LogP contribution < -0.4 is 0 Å². The number of nitrogens with zero attached hydrogens (tertiary/aromatic N) is 2. The highest BCUT2D eigenvalue weighted by Crippen LogP contribution is 2.43. The summed E-state index contributed by atoms with van der Waals surface area (Å²) < 4.78 is 3.29. The third kappa shape index (κ3) is 1.58. The highest BCUT2D eigenvalue weighted by molar-refractivity contribution is 9.10. The Morgan fingerprint density at radius 2 is 2.12 bits per heavy atom. The predicted molar refractivity (Wildman–Crippen MR) is 69.8 cm³/mol. The monoisotopic (exact) mass is 278 g/mol. The van der Waals surface area contributed by atoms with Gasteiger partial charge in [-0.3, -0.25) is 4.68 Å². The molecule has 1 aromatic carbocycles. The van der Waals surface area contributed by atoms with E-state index in [4.69, 9.17) is 5.10 Å². The summed E-state index contributed by atoms with van der Waals surface area (Å²) >= 11 is 3.55. The van der Waals surface area contributed by atoms with Crippen molar-refractivity contribution < 1.29 is 0 Å². The Morgan fingerprint density at radius 1 is 1.38 bits per heavy atom. The summed E-state index contributed by atoms with van der Waals surface area (Å²) in [6, 6.07) is 6.89. The Labute approximate surface area is 104 Å². The molecule has 0 radical (unpaired) electrons. The van der Waals surface area contributed by atoms with Crippen molar-refractivity contribution in [2.24, 2.45) is 0 Å². The van der Waals surface area contributed by atoms with Crippen LogP contribution in [0.2, 0.25) is 0 Å². The summed E-state index contributed by atoms with van der Waals surface area (Å²) in [5.74, 6) is 0.705. The standard InChI is InChI=1S/C13H15BrN2/c1-8(2)16-12-6-5-10(14)7-11(12)13(15-16)9-3-4-9/h5-9H,3-4H2,1-2H3. The maximum absolute atomic E-state index is 4.79. The first-order chi connectivity index (χ1) is 7.66. The molecular formula is C13H15BrN2. The Morgan fingerprint density at radius 3 is 2.75 bits per heavy atom. The third-order valence-corrected chi connectivity index (χ3v) is 3.64. The zero-order valence-electron chi connectivity index (χ0n) is 9.57. The van der Waals surface area contributed by atoms with Crippen LogP contribution in [0.5, 0.6) is 0 Å². The molecule has 0 unspecified atom stereocenters. The van der Waals surface area contributed by atoms with Crippen LogP contribution in [0, 0.1) is 0 Å². The minimum Gasteiger partial charge on any atom is -0.262 e. The van der Waals surface area contributed by atoms with Crippen LogP contribution in [0.15, 0.2) is 22.7 Å². The van der Waals surface area contributed by atoms with E-state index in [-0.39, 0.29) is 0 Å². The van der Waals surface area contributed by atoms with E-state index < -0.39 is 0 Å². The van der Waals surface area contributed by atoms with Crippen molar-refractivity contribution in [2.45, 2.75) is 38.6 Å². The second-order valence-electron chi connectivity index (χ2n) is 4.86. The Kier molecular flexibility index (Phi) is 2.32. The van der Waals surface area contributed by atoms with Gasteiger partial charge in [-0.25, -0.2) is 0 Å². The lowest BCUT2D eigenvalue weighted by atomic mass is 10.1. The number of benzene rings is 1. The summed E-state index contributed by atoms with van der Waals surface area (Å²) in [6.45, 7) is 4.37. The first-order valence-electron chi connectivity index (χ1n) is 5.84. The molecule has 2 nitrogen and oxygen atoms in total. The molecule has 0 aliphatic heterocycles. The smallest absolute Gasteiger partial charge is 0.0734 e. The minimum atomic E-state index is 0.427. The number of halogens is 1. The highest BCUT2D eigenvalue weighted by Gasteiger charge is 2.29. The molecule has 1 fully saturated rings. The molecule has 0 bridgehead atoms. The number of rotatable bonds is 2. The molecule has 1 aliphatic carbocycles. The van der Waals surface area contributed by atoms with Crippen molar-refractivity contribution in [1.29, 1.82) is 0 Å². The maximum Gasteiger partial charge on any atom is 0.0734 e. The fourth-order valence-electron chi connectivity index (χ4n) is 2.19. The van der Waals surface area contributed by atoms with Crippen LogP contribution in [-0.4, -0.2) is 9.78 Å². The summed E-state index contributed by atoms with van der Waals surface area (Å²) in [5, 5.41) is 6.11. The largest absolute Gasteiger partial charge is 0.262 e. The molecule has 84 valence electrons. The van der Waals surface area contributed by atoms with Gasteiger partial charge in [0, 0.05) is 21.8 Å². The summed E-state index contributed by atoms with van der Waals surface area (Å²) in [5.41, 5.74) is 2.56. The van der Waals surface area contributed by atoms with Crippen LogP contribution in [0.1, 0.15) is 44.3 Å². The SMILES string of the molecule is CC(C)n1nc(C2CC2)c2cc(Br)ccc21. The predicted octanol–water partition coefficient (Wildman–Crippen LogP) is 4.26. The van der Waals surface area contributed by atoms with Gasteiger partial charge < -0.3 is 0 Å². The van der Waals surface area contributed by atoms with Crippen LogP contribution in [-0.2, 0) is 0 Å².